The average molecular weight is 232 g/mol. The molecule has 2 nitrogen and oxygen atoms in total. The third-order valence-corrected chi connectivity index (χ3v) is 1.88. The molecule has 102 valence electrons. The van der Waals surface area contributed by atoms with E-state index in [1.807, 2.05) is 27.7 Å². The van der Waals surface area contributed by atoms with Crippen LogP contribution in [0.2, 0.25) is 0 Å². The lowest BCUT2D eigenvalue weighted by atomic mass is 10.0. The molecule has 0 aliphatic heterocycles. The normalized spacial score (nSPS) is 10.5. The molecule has 0 saturated heterocycles. The maximum atomic E-state index is 3.54. The van der Waals surface area contributed by atoms with Crippen molar-refractivity contribution in [3.63, 3.8) is 0 Å². The lowest BCUT2D eigenvalue weighted by molar-refractivity contribution is 0.232. The molecule has 0 aromatic rings. The van der Waals surface area contributed by atoms with Crippen molar-refractivity contribution >= 4 is 0 Å². The van der Waals surface area contributed by atoms with Crippen molar-refractivity contribution in [1.29, 1.82) is 0 Å². The van der Waals surface area contributed by atoms with Crippen LogP contribution in [-0.4, -0.2) is 36.6 Å². The van der Waals surface area contributed by atoms with Gasteiger partial charge in [0.05, 0.1) is 0 Å². The first-order chi connectivity index (χ1) is 7.37. The fourth-order valence-electron chi connectivity index (χ4n) is 1.61. The van der Waals surface area contributed by atoms with Crippen LogP contribution in [0.4, 0.5) is 0 Å². The molecule has 0 aromatic carbocycles. The van der Waals surface area contributed by atoms with E-state index in [0.29, 0.717) is 6.04 Å². The second-order valence-electron chi connectivity index (χ2n) is 4.51. The number of nitrogens with zero attached hydrogens (tertiary/aromatic N) is 1. The molecule has 1 N–H and O–H groups in total. The standard InChI is InChI=1S/C10H24N2.2C2H6/c1-7-12(6)8-10(4,5)11-9(2)3;2*1-2/h9,11H,7-8H2,1-6H3;2*1-2H3. The second-order valence-corrected chi connectivity index (χ2v) is 4.51. The molecule has 0 saturated carbocycles. The summed E-state index contributed by atoms with van der Waals surface area (Å²) in [7, 11) is 2.16. The van der Waals surface area contributed by atoms with Gasteiger partial charge in [0.2, 0.25) is 0 Å². The molecule has 0 bridgehead atoms. The zero-order chi connectivity index (χ0) is 13.8. The van der Waals surface area contributed by atoms with E-state index in [-0.39, 0.29) is 5.54 Å². The van der Waals surface area contributed by atoms with Crippen LogP contribution in [0.25, 0.3) is 0 Å². The fourth-order valence-corrected chi connectivity index (χ4v) is 1.61. The highest BCUT2D eigenvalue weighted by molar-refractivity contribution is 4.81. The van der Waals surface area contributed by atoms with Gasteiger partial charge in [0.15, 0.2) is 0 Å². The van der Waals surface area contributed by atoms with Crippen LogP contribution >= 0.6 is 0 Å². The summed E-state index contributed by atoms with van der Waals surface area (Å²) in [5.74, 6) is 0. The van der Waals surface area contributed by atoms with Crippen LogP contribution in [0.3, 0.4) is 0 Å². The van der Waals surface area contributed by atoms with Crippen molar-refractivity contribution in [2.45, 2.75) is 73.9 Å². The number of rotatable bonds is 5. The zero-order valence-corrected chi connectivity index (χ0v) is 13.4. The first-order valence-corrected chi connectivity index (χ1v) is 6.83. The first-order valence-electron chi connectivity index (χ1n) is 6.83. The molecule has 16 heavy (non-hydrogen) atoms. The Kier molecular flexibility index (Phi) is 17.2. The Balaban J connectivity index is -0.000000376. The predicted molar refractivity (Wildman–Crippen MR) is 78.2 cm³/mol. The molecule has 0 spiro atoms. The van der Waals surface area contributed by atoms with Gasteiger partial charge in [-0.05, 0) is 27.4 Å². The first kappa shape index (κ1) is 21.2. The highest BCUT2D eigenvalue weighted by Crippen LogP contribution is 2.05. The molecule has 0 rings (SSSR count). The van der Waals surface area contributed by atoms with Gasteiger partial charge in [-0.15, -0.1) is 0 Å². The summed E-state index contributed by atoms with van der Waals surface area (Å²) < 4.78 is 0. The van der Waals surface area contributed by atoms with Crippen molar-refractivity contribution < 1.29 is 0 Å². The van der Waals surface area contributed by atoms with Crippen molar-refractivity contribution in [2.75, 3.05) is 20.1 Å². The smallest absolute Gasteiger partial charge is 0.0254 e. The minimum absolute atomic E-state index is 0.221. The van der Waals surface area contributed by atoms with Gasteiger partial charge in [-0.1, -0.05) is 48.5 Å². The molecule has 0 aliphatic carbocycles. The quantitative estimate of drug-likeness (QED) is 0.776. The molecule has 0 aromatic heterocycles. The second kappa shape index (κ2) is 13.0. The van der Waals surface area contributed by atoms with Crippen molar-refractivity contribution in [1.82, 2.24) is 10.2 Å². The van der Waals surface area contributed by atoms with Crippen LogP contribution in [0.5, 0.6) is 0 Å². The number of nitrogens with one attached hydrogen (secondary N) is 1. The van der Waals surface area contributed by atoms with Crippen LogP contribution in [0.15, 0.2) is 0 Å². The minimum atomic E-state index is 0.221. The van der Waals surface area contributed by atoms with Gasteiger partial charge in [0.1, 0.15) is 0 Å². The van der Waals surface area contributed by atoms with Gasteiger partial charge in [0, 0.05) is 18.1 Å². The monoisotopic (exact) mass is 232 g/mol. The summed E-state index contributed by atoms with van der Waals surface area (Å²) in [5, 5.41) is 3.54. The number of hydrogen-bond acceptors (Lipinski definition) is 2. The van der Waals surface area contributed by atoms with Gasteiger partial charge < -0.3 is 10.2 Å². The maximum absolute atomic E-state index is 3.54. The van der Waals surface area contributed by atoms with Crippen molar-refractivity contribution in [3.05, 3.63) is 0 Å². The summed E-state index contributed by atoms with van der Waals surface area (Å²) in [6, 6.07) is 0.560. The summed E-state index contributed by atoms with van der Waals surface area (Å²) in [4.78, 5) is 2.33. The Morgan fingerprint density at radius 2 is 1.44 bits per heavy atom. The number of hydrogen-bond donors (Lipinski definition) is 1. The van der Waals surface area contributed by atoms with Crippen molar-refractivity contribution in [3.8, 4) is 0 Å². The van der Waals surface area contributed by atoms with Gasteiger partial charge in [-0.2, -0.15) is 0 Å². The molecule has 0 heterocycles. The van der Waals surface area contributed by atoms with E-state index in [1.54, 1.807) is 0 Å². The third-order valence-electron chi connectivity index (χ3n) is 1.88. The molecule has 2 heteroatoms. The van der Waals surface area contributed by atoms with E-state index in [0.717, 1.165) is 13.1 Å². The lowest BCUT2D eigenvalue weighted by Gasteiger charge is -2.32. The number of likely N-dealkylation sites (N-methyl/N-ethyl adjacent to an activating group) is 1. The zero-order valence-electron chi connectivity index (χ0n) is 13.4. The van der Waals surface area contributed by atoms with E-state index in [9.17, 15) is 0 Å². The molecule has 0 radical (unpaired) electrons. The van der Waals surface area contributed by atoms with E-state index in [4.69, 9.17) is 0 Å². The van der Waals surface area contributed by atoms with E-state index < -0.39 is 0 Å². The Hall–Kier alpha value is -0.0800. The van der Waals surface area contributed by atoms with Crippen molar-refractivity contribution in [2.24, 2.45) is 0 Å². The summed E-state index contributed by atoms with van der Waals surface area (Å²) in [6.45, 7) is 21.3. The molecular weight excluding hydrogens is 196 g/mol. The molecule has 0 amide bonds. The van der Waals surface area contributed by atoms with E-state index in [2.05, 4.69) is 51.9 Å². The highest BCUT2D eigenvalue weighted by atomic mass is 15.1. The van der Waals surface area contributed by atoms with Crippen LogP contribution in [0.1, 0.15) is 62.3 Å². The Labute approximate surface area is 105 Å². The van der Waals surface area contributed by atoms with E-state index in [1.165, 1.54) is 0 Å². The van der Waals surface area contributed by atoms with Crippen LogP contribution in [-0.2, 0) is 0 Å². The highest BCUT2D eigenvalue weighted by Gasteiger charge is 2.19. The van der Waals surface area contributed by atoms with Crippen LogP contribution in [0, 0.1) is 0 Å². The fraction of sp³-hybridized carbons (Fsp3) is 1.00. The Morgan fingerprint density at radius 1 is 1.06 bits per heavy atom. The SMILES string of the molecule is CC.CC.CCN(C)CC(C)(C)NC(C)C. The Bertz CT molecular complexity index is 120. The van der Waals surface area contributed by atoms with Gasteiger partial charge in [-0.25, -0.2) is 0 Å². The molecule has 0 fully saturated rings. The summed E-state index contributed by atoms with van der Waals surface area (Å²) in [6.07, 6.45) is 0. The van der Waals surface area contributed by atoms with E-state index >= 15 is 0 Å². The summed E-state index contributed by atoms with van der Waals surface area (Å²) >= 11 is 0. The van der Waals surface area contributed by atoms with Gasteiger partial charge >= 0.3 is 0 Å². The molecule has 0 unspecified atom stereocenters. The third kappa shape index (κ3) is 16.4. The predicted octanol–water partition coefficient (Wildman–Crippen LogP) is 3.77. The lowest BCUT2D eigenvalue weighted by Crippen LogP contribution is -2.50. The topological polar surface area (TPSA) is 15.3 Å². The molecule has 0 atom stereocenters. The Morgan fingerprint density at radius 3 is 1.69 bits per heavy atom. The van der Waals surface area contributed by atoms with Crippen LogP contribution < -0.4 is 5.32 Å². The molecular formula is C14H36N2. The largest absolute Gasteiger partial charge is 0.308 e. The minimum Gasteiger partial charge on any atom is -0.308 e. The molecule has 0 aliphatic rings. The maximum Gasteiger partial charge on any atom is 0.0254 e. The summed E-state index contributed by atoms with van der Waals surface area (Å²) in [5.41, 5.74) is 0.221. The van der Waals surface area contributed by atoms with Gasteiger partial charge in [-0.3, -0.25) is 0 Å². The average Bonchev–Trinajstić information content (AvgIpc) is 2.21. The van der Waals surface area contributed by atoms with Gasteiger partial charge in [0.25, 0.3) is 0 Å².